The molecule has 3 aromatic rings. The van der Waals surface area contributed by atoms with Crippen molar-refractivity contribution < 1.29 is 32.9 Å². The third-order valence-electron chi connectivity index (χ3n) is 5.72. The molecule has 0 aliphatic carbocycles. The van der Waals surface area contributed by atoms with E-state index in [2.05, 4.69) is 20.0 Å². The lowest BCUT2D eigenvalue weighted by atomic mass is 10.1. The van der Waals surface area contributed by atoms with Crippen LogP contribution < -0.4 is 10.8 Å². The SMILES string of the molecule is CC(COC(=O)C(C)C)NP(=O)(CO[C@H](C)Cn1cnc2c(N)ncnc21)OCc1cccc(C(=O)OC(C)C)c1. The quantitative estimate of drug-likeness (QED) is 0.193. The Morgan fingerprint density at radius 2 is 1.85 bits per heavy atom. The first-order valence-corrected chi connectivity index (χ1v) is 15.2. The van der Waals surface area contributed by atoms with Crippen molar-refractivity contribution in [2.45, 2.75) is 72.9 Å². The van der Waals surface area contributed by atoms with Gasteiger partial charge in [-0.1, -0.05) is 26.0 Å². The Balaban J connectivity index is 1.69. The van der Waals surface area contributed by atoms with E-state index < -0.39 is 25.6 Å². The molecule has 13 nitrogen and oxygen atoms in total. The maximum Gasteiger partial charge on any atom is 0.338 e. The number of carbonyl (C=O) groups excluding carboxylic acids is 2. The molecule has 0 aliphatic rings. The summed E-state index contributed by atoms with van der Waals surface area (Å²) in [6, 6.07) is 6.23. The highest BCUT2D eigenvalue weighted by Crippen LogP contribution is 2.44. The Labute approximate surface area is 239 Å². The molecule has 0 amide bonds. The molecule has 0 aliphatic heterocycles. The zero-order chi connectivity index (χ0) is 30.2. The van der Waals surface area contributed by atoms with Gasteiger partial charge in [0.05, 0.1) is 43.2 Å². The number of nitrogen functional groups attached to an aromatic ring is 1. The number of esters is 2. The average Bonchev–Trinajstić information content (AvgIpc) is 3.33. The standard InChI is InChI=1S/C27H39N6O7P/c1-17(2)26(34)37-12-19(5)32-41(36,39-13-21-8-7-9-22(10-21)27(35)40-18(3)4)16-38-20(6)11-33-15-31-23-24(28)29-14-30-25(23)33/h7-10,14-15,17-20H,11-13,16H2,1-6H3,(H,32,36)(H2,28,29,30)/t19?,20-,41?/m1/s1. The number of fused-ring (bicyclic) bond motifs is 1. The van der Waals surface area contributed by atoms with E-state index in [0.717, 1.165) is 0 Å². The van der Waals surface area contributed by atoms with Crippen LogP contribution in [0.25, 0.3) is 11.2 Å². The molecule has 0 bridgehead atoms. The van der Waals surface area contributed by atoms with Crippen molar-refractivity contribution in [1.29, 1.82) is 0 Å². The number of imidazole rings is 1. The fourth-order valence-corrected chi connectivity index (χ4v) is 5.47. The summed E-state index contributed by atoms with van der Waals surface area (Å²) in [6.45, 7) is 10.9. The van der Waals surface area contributed by atoms with Gasteiger partial charge in [0, 0.05) is 6.04 Å². The first kappa shape index (κ1) is 32.1. The third-order valence-corrected chi connectivity index (χ3v) is 7.59. The second-order valence-corrected chi connectivity index (χ2v) is 12.5. The Morgan fingerprint density at radius 3 is 2.56 bits per heavy atom. The highest BCUT2D eigenvalue weighted by molar-refractivity contribution is 7.56. The normalized spacial score (nSPS) is 14.6. The number of hydrogen-bond acceptors (Lipinski definition) is 11. The summed E-state index contributed by atoms with van der Waals surface area (Å²) in [5.41, 5.74) is 7.90. The van der Waals surface area contributed by atoms with Crippen molar-refractivity contribution in [3.05, 3.63) is 48.0 Å². The lowest BCUT2D eigenvalue weighted by molar-refractivity contribution is -0.147. The molecule has 0 radical (unpaired) electrons. The van der Waals surface area contributed by atoms with Gasteiger partial charge in [-0.25, -0.2) is 24.8 Å². The Morgan fingerprint density at radius 1 is 1.10 bits per heavy atom. The predicted octanol–water partition coefficient (Wildman–Crippen LogP) is 3.92. The van der Waals surface area contributed by atoms with Crippen LogP contribution in [0.2, 0.25) is 0 Å². The first-order chi connectivity index (χ1) is 19.4. The van der Waals surface area contributed by atoms with Crippen molar-refractivity contribution in [3.8, 4) is 0 Å². The minimum atomic E-state index is -3.64. The number of aromatic nitrogens is 4. The minimum absolute atomic E-state index is 0.00139. The van der Waals surface area contributed by atoms with Gasteiger partial charge in [-0.2, -0.15) is 0 Å². The van der Waals surface area contributed by atoms with Crippen molar-refractivity contribution in [2.75, 3.05) is 18.7 Å². The topological polar surface area (TPSA) is 170 Å². The van der Waals surface area contributed by atoms with Crippen LogP contribution in [-0.2, 0) is 41.2 Å². The smallest absolute Gasteiger partial charge is 0.338 e. The molecule has 41 heavy (non-hydrogen) atoms. The highest BCUT2D eigenvalue weighted by atomic mass is 31.2. The Bertz CT molecular complexity index is 1380. The molecule has 1 aromatic carbocycles. The van der Waals surface area contributed by atoms with E-state index in [9.17, 15) is 14.2 Å². The molecule has 224 valence electrons. The molecule has 2 unspecified atom stereocenters. The van der Waals surface area contributed by atoms with E-state index in [-0.39, 0.29) is 43.4 Å². The van der Waals surface area contributed by atoms with Gasteiger partial charge in [-0.05, 0) is 45.4 Å². The van der Waals surface area contributed by atoms with E-state index in [4.69, 9.17) is 24.5 Å². The summed E-state index contributed by atoms with van der Waals surface area (Å²) >= 11 is 0. The molecule has 0 fully saturated rings. The number of hydrogen-bond donors (Lipinski definition) is 2. The summed E-state index contributed by atoms with van der Waals surface area (Å²) in [5, 5.41) is 2.96. The maximum atomic E-state index is 14.0. The lowest BCUT2D eigenvalue weighted by Gasteiger charge is -2.25. The number of carbonyl (C=O) groups is 2. The average molecular weight is 591 g/mol. The van der Waals surface area contributed by atoms with E-state index in [1.807, 2.05) is 6.92 Å². The van der Waals surface area contributed by atoms with E-state index >= 15 is 0 Å². The monoisotopic (exact) mass is 590 g/mol. The zero-order valence-electron chi connectivity index (χ0n) is 24.3. The molecular weight excluding hydrogens is 551 g/mol. The van der Waals surface area contributed by atoms with Crippen LogP contribution in [0.5, 0.6) is 0 Å². The highest BCUT2D eigenvalue weighted by Gasteiger charge is 2.28. The molecule has 0 saturated carbocycles. The fourth-order valence-electron chi connectivity index (χ4n) is 3.70. The van der Waals surface area contributed by atoms with Gasteiger partial charge in [0.25, 0.3) is 7.52 Å². The van der Waals surface area contributed by atoms with Gasteiger partial charge < -0.3 is 29.0 Å². The number of nitrogens with zero attached hydrogens (tertiary/aromatic N) is 4. The Hall–Kier alpha value is -3.38. The predicted molar refractivity (Wildman–Crippen MR) is 153 cm³/mol. The second-order valence-electron chi connectivity index (χ2n) is 10.4. The minimum Gasteiger partial charge on any atom is -0.464 e. The molecule has 14 heteroatoms. The van der Waals surface area contributed by atoms with Gasteiger partial charge in [-0.3, -0.25) is 9.36 Å². The van der Waals surface area contributed by atoms with Crippen LogP contribution in [0.4, 0.5) is 5.82 Å². The summed E-state index contributed by atoms with van der Waals surface area (Å²) in [4.78, 5) is 36.7. The molecule has 3 N–H and O–H groups in total. The van der Waals surface area contributed by atoms with E-state index in [0.29, 0.717) is 28.8 Å². The molecular formula is C27H39N6O7P. The summed E-state index contributed by atoms with van der Waals surface area (Å²) in [6.07, 6.45) is 2.01. The zero-order valence-corrected chi connectivity index (χ0v) is 25.2. The maximum absolute atomic E-state index is 14.0. The van der Waals surface area contributed by atoms with Gasteiger partial charge in [0.15, 0.2) is 11.5 Å². The summed E-state index contributed by atoms with van der Waals surface area (Å²) < 4.78 is 38.1. The molecule has 3 atom stereocenters. The molecule has 2 heterocycles. The Kier molecular flexibility index (Phi) is 11.4. The van der Waals surface area contributed by atoms with Crippen LogP contribution in [0.1, 0.15) is 57.5 Å². The van der Waals surface area contributed by atoms with Gasteiger partial charge >= 0.3 is 11.9 Å². The van der Waals surface area contributed by atoms with Crippen LogP contribution in [0.3, 0.4) is 0 Å². The van der Waals surface area contributed by atoms with Crippen molar-refractivity contribution in [3.63, 3.8) is 0 Å². The fraction of sp³-hybridized carbons (Fsp3) is 0.519. The molecule has 0 spiro atoms. The number of ether oxygens (including phenoxy) is 3. The van der Waals surface area contributed by atoms with Crippen LogP contribution in [-0.4, -0.2) is 62.7 Å². The van der Waals surface area contributed by atoms with Crippen molar-refractivity contribution >= 4 is 36.4 Å². The summed E-state index contributed by atoms with van der Waals surface area (Å²) in [5.74, 6) is -0.830. The first-order valence-electron chi connectivity index (χ1n) is 13.4. The van der Waals surface area contributed by atoms with E-state index in [1.54, 1.807) is 69.8 Å². The number of nitrogens with one attached hydrogen (secondary N) is 1. The van der Waals surface area contributed by atoms with E-state index in [1.165, 1.54) is 6.33 Å². The van der Waals surface area contributed by atoms with Crippen LogP contribution in [0.15, 0.2) is 36.9 Å². The van der Waals surface area contributed by atoms with Crippen LogP contribution >= 0.6 is 7.52 Å². The summed E-state index contributed by atoms with van der Waals surface area (Å²) in [7, 11) is -3.64. The van der Waals surface area contributed by atoms with Crippen LogP contribution in [0, 0.1) is 5.92 Å². The second kappa shape index (κ2) is 14.5. The largest absolute Gasteiger partial charge is 0.464 e. The number of anilines is 1. The molecule has 3 rings (SSSR count). The van der Waals surface area contributed by atoms with Crippen molar-refractivity contribution in [2.24, 2.45) is 5.92 Å². The third kappa shape index (κ3) is 9.60. The number of nitrogens with two attached hydrogens (primary N) is 1. The lowest BCUT2D eigenvalue weighted by Crippen LogP contribution is -2.32. The number of benzene rings is 1. The van der Waals surface area contributed by atoms with Gasteiger partial charge in [0.1, 0.15) is 24.8 Å². The van der Waals surface area contributed by atoms with Crippen molar-refractivity contribution in [1.82, 2.24) is 24.6 Å². The molecule has 0 saturated heterocycles. The molecule has 2 aromatic heterocycles. The van der Waals surface area contributed by atoms with Gasteiger partial charge in [0.2, 0.25) is 0 Å². The number of rotatable bonds is 15. The van der Waals surface area contributed by atoms with Gasteiger partial charge in [-0.15, -0.1) is 0 Å².